The summed E-state index contributed by atoms with van der Waals surface area (Å²) in [7, 11) is -3.74. The van der Waals surface area contributed by atoms with E-state index in [4.69, 9.17) is 11.6 Å². The topological polar surface area (TPSA) is 66.5 Å². The van der Waals surface area contributed by atoms with E-state index < -0.39 is 21.6 Å². The molecule has 1 aliphatic heterocycles. The van der Waals surface area contributed by atoms with Crippen LogP contribution in [0, 0.1) is 17.7 Å². The number of nitrogens with one attached hydrogen (secondary N) is 1. The maximum Gasteiger partial charge on any atom is 0.223 e. The van der Waals surface area contributed by atoms with Crippen LogP contribution in [0.15, 0.2) is 48.5 Å². The van der Waals surface area contributed by atoms with Gasteiger partial charge in [-0.25, -0.2) is 17.1 Å². The van der Waals surface area contributed by atoms with Crippen LogP contribution in [0.4, 0.5) is 4.39 Å². The molecule has 1 N–H and O–H groups in total. The van der Waals surface area contributed by atoms with Gasteiger partial charge in [-0.2, -0.15) is 0 Å². The van der Waals surface area contributed by atoms with E-state index in [1.807, 2.05) is 30.3 Å². The van der Waals surface area contributed by atoms with Gasteiger partial charge in [0, 0.05) is 29.6 Å². The first-order valence-corrected chi connectivity index (χ1v) is 12.9. The summed E-state index contributed by atoms with van der Waals surface area (Å²) in [6.45, 7) is 4.69. The van der Waals surface area contributed by atoms with Gasteiger partial charge < -0.3 is 5.32 Å². The maximum absolute atomic E-state index is 14.0. The number of halogens is 2. The average Bonchev–Trinajstić information content (AvgIpc) is 2.76. The predicted molar refractivity (Wildman–Crippen MR) is 125 cm³/mol. The van der Waals surface area contributed by atoms with Gasteiger partial charge in [-0.15, -0.1) is 0 Å². The molecule has 0 bridgehead atoms. The van der Waals surface area contributed by atoms with Gasteiger partial charge in [0.05, 0.1) is 11.8 Å². The number of sulfonamides is 1. The molecule has 1 heterocycles. The number of carbonyl (C=O) groups excluding carboxylic acids is 1. The van der Waals surface area contributed by atoms with E-state index in [2.05, 4.69) is 19.2 Å². The lowest BCUT2D eigenvalue weighted by atomic mass is 9.93. The molecule has 2 aromatic carbocycles. The summed E-state index contributed by atoms with van der Waals surface area (Å²) in [5.41, 5.74) is 1.05. The zero-order valence-electron chi connectivity index (χ0n) is 18.4. The monoisotopic (exact) mass is 480 g/mol. The minimum Gasteiger partial charge on any atom is -0.349 e. The predicted octanol–water partition coefficient (Wildman–Crippen LogP) is 4.92. The summed E-state index contributed by atoms with van der Waals surface area (Å²) >= 11 is 6.00. The van der Waals surface area contributed by atoms with Gasteiger partial charge in [0.1, 0.15) is 5.82 Å². The fourth-order valence-electron chi connectivity index (χ4n) is 4.06. The van der Waals surface area contributed by atoms with Gasteiger partial charge in [-0.3, -0.25) is 4.79 Å². The third kappa shape index (κ3) is 6.30. The minimum atomic E-state index is -3.74. The summed E-state index contributed by atoms with van der Waals surface area (Å²) in [5, 5.41) is 3.27. The highest BCUT2D eigenvalue weighted by molar-refractivity contribution is 7.88. The molecule has 1 fully saturated rings. The van der Waals surface area contributed by atoms with E-state index in [0.29, 0.717) is 18.8 Å². The van der Waals surface area contributed by atoms with Crippen molar-refractivity contribution in [3.05, 3.63) is 70.5 Å². The number of amides is 1. The lowest BCUT2D eigenvalue weighted by molar-refractivity contribution is -0.127. The Morgan fingerprint density at radius 1 is 1.12 bits per heavy atom. The van der Waals surface area contributed by atoms with Crippen molar-refractivity contribution in [2.45, 2.75) is 44.9 Å². The second-order valence-electron chi connectivity index (χ2n) is 8.73. The molecule has 2 aromatic rings. The Labute approximate surface area is 195 Å². The molecule has 32 heavy (non-hydrogen) atoms. The molecule has 3 rings (SSSR count). The Balaban J connectivity index is 1.61. The average molecular weight is 481 g/mol. The molecule has 0 spiro atoms. The van der Waals surface area contributed by atoms with E-state index in [1.54, 1.807) is 0 Å². The first kappa shape index (κ1) is 24.7. The van der Waals surface area contributed by atoms with Crippen molar-refractivity contribution in [2.24, 2.45) is 11.8 Å². The second-order valence-corrected chi connectivity index (χ2v) is 11.1. The van der Waals surface area contributed by atoms with Crippen LogP contribution in [-0.4, -0.2) is 31.7 Å². The number of benzene rings is 2. The van der Waals surface area contributed by atoms with Crippen LogP contribution in [-0.2, 0) is 20.6 Å². The number of hydrogen-bond donors (Lipinski definition) is 1. The van der Waals surface area contributed by atoms with Crippen LogP contribution in [0.3, 0.4) is 0 Å². The third-order valence-corrected chi connectivity index (χ3v) is 7.99. The van der Waals surface area contributed by atoms with Crippen LogP contribution in [0.25, 0.3) is 0 Å². The highest BCUT2D eigenvalue weighted by Crippen LogP contribution is 2.27. The fraction of sp³-hybridized carbons (Fsp3) is 0.458. The Kier molecular flexibility index (Phi) is 8.31. The Bertz CT molecular complexity index is 1000. The summed E-state index contributed by atoms with van der Waals surface area (Å²) in [6.07, 6.45) is 1.69. The highest BCUT2D eigenvalue weighted by atomic mass is 35.5. The van der Waals surface area contributed by atoms with Gasteiger partial charge in [0.25, 0.3) is 0 Å². The Morgan fingerprint density at radius 3 is 2.38 bits per heavy atom. The highest BCUT2D eigenvalue weighted by Gasteiger charge is 2.33. The molecule has 174 valence electrons. The molecular weight excluding hydrogens is 451 g/mol. The molecule has 0 aromatic heterocycles. The number of carbonyl (C=O) groups is 1. The fourth-order valence-corrected chi connectivity index (χ4v) is 5.98. The van der Waals surface area contributed by atoms with Crippen molar-refractivity contribution < 1.29 is 17.6 Å². The summed E-state index contributed by atoms with van der Waals surface area (Å²) in [6, 6.07) is 13.9. The first-order chi connectivity index (χ1) is 15.2. The van der Waals surface area contributed by atoms with Gasteiger partial charge in [0.2, 0.25) is 15.9 Å². The molecule has 1 atom stereocenters. The zero-order chi connectivity index (χ0) is 23.3. The van der Waals surface area contributed by atoms with E-state index in [1.165, 1.54) is 22.5 Å². The van der Waals surface area contributed by atoms with E-state index >= 15 is 0 Å². The van der Waals surface area contributed by atoms with Gasteiger partial charge in [-0.1, -0.05) is 61.8 Å². The standard InChI is InChI=1S/C24H30ClFN2O3S/c1-17(2)15-23(18-7-4-3-5-8-18)27-24(29)19-11-13-28(14-12-19)32(30,31)16-20-21(25)9-6-10-22(20)26/h3-10,17,19,23H,11-16H2,1-2H3,(H,27,29). The number of piperidine rings is 1. The van der Waals surface area contributed by atoms with Gasteiger partial charge in [0.15, 0.2) is 0 Å². The molecule has 0 aliphatic carbocycles. The molecule has 1 aliphatic rings. The maximum atomic E-state index is 14.0. The SMILES string of the molecule is CC(C)CC(NC(=O)C1CCN(S(=O)(=O)Cc2c(F)cccc2Cl)CC1)c1ccccc1. The Hall–Kier alpha value is -1.96. The lowest BCUT2D eigenvalue weighted by Gasteiger charge is -2.32. The number of nitrogens with zero attached hydrogens (tertiary/aromatic N) is 1. The van der Waals surface area contributed by atoms with Gasteiger partial charge >= 0.3 is 0 Å². The van der Waals surface area contributed by atoms with Crippen LogP contribution in [0.2, 0.25) is 5.02 Å². The van der Waals surface area contributed by atoms with Crippen molar-refractivity contribution in [2.75, 3.05) is 13.1 Å². The van der Waals surface area contributed by atoms with Crippen LogP contribution >= 0.6 is 11.6 Å². The van der Waals surface area contributed by atoms with E-state index in [0.717, 1.165) is 12.0 Å². The van der Waals surface area contributed by atoms with Gasteiger partial charge in [-0.05, 0) is 42.9 Å². The minimum absolute atomic E-state index is 0.0200. The van der Waals surface area contributed by atoms with Crippen molar-refractivity contribution >= 4 is 27.5 Å². The van der Waals surface area contributed by atoms with Crippen LogP contribution < -0.4 is 5.32 Å². The summed E-state index contributed by atoms with van der Waals surface area (Å²) < 4.78 is 41.0. The van der Waals surface area contributed by atoms with Crippen molar-refractivity contribution in [3.8, 4) is 0 Å². The molecular formula is C24H30ClFN2O3S. The van der Waals surface area contributed by atoms with Crippen molar-refractivity contribution in [3.63, 3.8) is 0 Å². The normalized spacial score (nSPS) is 16.8. The van der Waals surface area contributed by atoms with Crippen molar-refractivity contribution in [1.29, 1.82) is 0 Å². The van der Waals surface area contributed by atoms with E-state index in [9.17, 15) is 17.6 Å². The third-order valence-electron chi connectivity index (χ3n) is 5.83. The lowest BCUT2D eigenvalue weighted by Crippen LogP contribution is -2.44. The molecule has 0 radical (unpaired) electrons. The quantitative estimate of drug-likeness (QED) is 0.582. The van der Waals surface area contributed by atoms with Crippen LogP contribution in [0.1, 0.15) is 50.3 Å². The molecule has 5 nitrogen and oxygen atoms in total. The summed E-state index contributed by atoms with van der Waals surface area (Å²) in [4.78, 5) is 13.0. The smallest absolute Gasteiger partial charge is 0.223 e. The molecule has 1 unspecified atom stereocenters. The van der Waals surface area contributed by atoms with Crippen molar-refractivity contribution in [1.82, 2.24) is 9.62 Å². The number of hydrogen-bond acceptors (Lipinski definition) is 3. The first-order valence-electron chi connectivity index (χ1n) is 10.9. The van der Waals surface area contributed by atoms with E-state index in [-0.39, 0.29) is 41.5 Å². The largest absolute Gasteiger partial charge is 0.349 e. The van der Waals surface area contributed by atoms with Crippen LogP contribution in [0.5, 0.6) is 0 Å². The second kappa shape index (κ2) is 10.8. The molecule has 0 saturated carbocycles. The zero-order valence-corrected chi connectivity index (χ0v) is 20.0. The molecule has 8 heteroatoms. The Morgan fingerprint density at radius 2 is 1.78 bits per heavy atom. The molecule has 1 saturated heterocycles. The molecule has 1 amide bonds. The summed E-state index contributed by atoms with van der Waals surface area (Å²) in [5.74, 6) is -1.00. The number of rotatable bonds is 8.